The molecule has 0 saturated carbocycles. The van der Waals surface area contributed by atoms with Gasteiger partial charge in [0.05, 0.1) is 37.6 Å². The highest BCUT2D eigenvalue weighted by Crippen LogP contribution is 2.29. The zero-order chi connectivity index (χ0) is 19.9. The number of amides is 1. The number of methoxy groups -OCH3 is 3. The van der Waals surface area contributed by atoms with Gasteiger partial charge in [-0.2, -0.15) is 0 Å². The molecule has 0 bridgehead atoms. The van der Waals surface area contributed by atoms with Crippen molar-refractivity contribution in [3.63, 3.8) is 0 Å². The normalized spacial score (nSPS) is 11.1. The predicted molar refractivity (Wildman–Crippen MR) is 112 cm³/mol. The molecule has 0 aliphatic carbocycles. The molecule has 7 heteroatoms. The zero-order valence-corrected chi connectivity index (χ0v) is 16.9. The summed E-state index contributed by atoms with van der Waals surface area (Å²) in [6.07, 6.45) is 3.23. The van der Waals surface area contributed by atoms with E-state index in [9.17, 15) is 4.79 Å². The van der Waals surface area contributed by atoms with Crippen LogP contribution >= 0.6 is 11.3 Å². The van der Waals surface area contributed by atoms with Gasteiger partial charge < -0.3 is 14.2 Å². The molecule has 2 aromatic carbocycles. The minimum absolute atomic E-state index is 0.180. The molecule has 6 nitrogen and oxygen atoms in total. The van der Waals surface area contributed by atoms with Crippen molar-refractivity contribution >= 4 is 38.7 Å². The second-order valence-corrected chi connectivity index (χ2v) is 6.90. The summed E-state index contributed by atoms with van der Waals surface area (Å²) in [5.74, 6) is 1.17. The van der Waals surface area contributed by atoms with Gasteiger partial charge in [0.25, 0.3) is 5.91 Å². The molecule has 0 aliphatic heterocycles. The third-order valence-corrected chi connectivity index (χ3v) is 5.20. The van der Waals surface area contributed by atoms with Crippen LogP contribution < -0.4 is 14.4 Å². The standard InChI is InChI=1S/C21H22N2O4S/c1-25-13-12-23(21-22-17-6-4-5-7-19(17)28-21)20(24)11-8-15-14-16(26-2)9-10-18(15)27-3/h4-11,14H,12-13H2,1-3H3/b11-8+. The fourth-order valence-corrected chi connectivity index (χ4v) is 3.68. The monoisotopic (exact) mass is 398 g/mol. The van der Waals surface area contributed by atoms with Gasteiger partial charge in [0.2, 0.25) is 0 Å². The first-order valence-electron chi connectivity index (χ1n) is 8.72. The van der Waals surface area contributed by atoms with Gasteiger partial charge in [0.15, 0.2) is 5.13 Å². The van der Waals surface area contributed by atoms with Crippen LogP contribution in [0.15, 0.2) is 48.5 Å². The summed E-state index contributed by atoms with van der Waals surface area (Å²) in [5, 5.41) is 0.644. The van der Waals surface area contributed by atoms with E-state index in [1.54, 1.807) is 38.4 Å². The molecular formula is C21H22N2O4S. The highest BCUT2D eigenvalue weighted by molar-refractivity contribution is 7.22. The fraction of sp³-hybridized carbons (Fsp3) is 0.238. The summed E-state index contributed by atoms with van der Waals surface area (Å²) < 4.78 is 16.8. The van der Waals surface area contributed by atoms with Crippen LogP contribution in [0.2, 0.25) is 0 Å². The van der Waals surface area contributed by atoms with Gasteiger partial charge in [0, 0.05) is 18.7 Å². The van der Waals surface area contributed by atoms with Crippen LogP contribution in [-0.4, -0.2) is 45.4 Å². The van der Waals surface area contributed by atoms with Crippen LogP contribution in [0.5, 0.6) is 11.5 Å². The van der Waals surface area contributed by atoms with E-state index in [0.29, 0.717) is 29.8 Å². The number of ether oxygens (including phenoxy) is 3. The third-order valence-electron chi connectivity index (χ3n) is 4.14. The number of fused-ring (bicyclic) bond motifs is 1. The first-order valence-corrected chi connectivity index (χ1v) is 9.54. The summed E-state index contributed by atoms with van der Waals surface area (Å²) in [7, 11) is 4.80. The molecule has 0 aliphatic rings. The summed E-state index contributed by atoms with van der Waals surface area (Å²) in [6, 6.07) is 13.3. The molecule has 0 radical (unpaired) electrons. The Kier molecular flexibility index (Phi) is 6.62. The maximum atomic E-state index is 12.9. The summed E-state index contributed by atoms with van der Waals surface area (Å²) in [5.41, 5.74) is 1.63. The van der Waals surface area contributed by atoms with E-state index in [1.165, 1.54) is 17.4 Å². The molecule has 0 spiro atoms. The SMILES string of the molecule is COCCN(C(=O)/C=C/c1cc(OC)ccc1OC)c1nc2ccccc2s1. The van der Waals surface area contributed by atoms with Crippen LogP contribution in [0.25, 0.3) is 16.3 Å². The Morgan fingerprint density at radius 2 is 1.96 bits per heavy atom. The number of benzene rings is 2. The number of hydrogen-bond acceptors (Lipinski definition) is 6. The Morgan fingerprint density at radius 3 is 2.68 bits per heavy atom. The van der Waals surface area contributed by atoms with E-state index in [4.69, 9.17) is 14.2 Å². The Morgan fingerprint density at radius 1 is 1.14 bits per heavy atom. The van der Waals surface area contributed by atoms with Gasteiger partial charge in [0.1, 0.15) is 11.5 Å². The summed E-state index contributed by atoms with van der Waals surface area (Å²) in [6.45, 7) is 0.826. The Labute approximate surface area is 168 Å². The van der Waals surface area contributed by atoms with E-state index < -0.39 is 0 Å². The van der Waals surface area contributed by atoms with E-state index in [1.807, 2.05) is 36.4 Å². The first kappa shape index (κ1) is 19.9. The van der Waals surface area contributed by atoms with Crippen LogP contribution in [0, 0.1) is 0 Å². The topological polar surface area (TPSA) is 60.9 Å². The van der Waals surface area contributed by atoms with Gasteiger partial charge in [-0.05, 0) is 36.4 Å². The average Bonchev–Trinajstić information content (AvgIpc) is 3.16. The Balaban J connectivity index is 1.88. The lowest BCUT2D eigenvalue weighted by atomic mass is 10.1. The lowest BCUT2D eigenvalue weighted by Crippen LogP contribution is -2.32. The van der Waals surface area contributed by atoms with Crippen molar-refractivity contribution in [1.82, 2.24) is 4.98 Å². The maximum absolute atomic E-state index is 12.9. The van der Waals surface area contributed by atoms with Crippen molar-refractivity contribution in [3.8, 4) is 11.5 Å². The quantitative estimate of drug-likeness (QED) is 0.537. The van der Waals surface area contributed by atoms with Gasteiger partial charge in [-0.3, -0.25) is 9.69 Å². The third kappa shape index (κ3) is 4.49. The van der Waals surface area contributed by atoms with Crippen LogP contribution in [0.4, 0.5) is 5.13 Å². The number of aromatic nitrogens is 1. The molecule has 1 heterocycles. The van der Waals surface area contributed by atoms with Crippen molar-refractivity contribution in [1.29, 1.82) is 0 Å². The smallest absolute Gasteiger partial charge is 0.252 e. The highest BCUT2D eigenvalue weighted by atomic mass is 32.1. The molecule has 28 heavy (non-hydrogen) atoms. The van der Waals surface area contributed by atoms with Gasteiger partial charge in [-0.25, -0.2) is 4.98 Å². The maximum Gasteiger partial charge on any atom is 0.252 e. The second kappa shape index (κ2) is 9.34. The lowest BCUT2D eigenvalue weighted by molar-refractivity contribution is -0.114. The van der Waals surface area contributed by atoms with Gasteiger partial charge in [-0.1, -0.05) is 23.5 Å². The van der Waals surface area contributed by atoms with Crippen molar-refractivity contribution < 1.29 is 19.0 Å². The average molecular weight is 398 g/mol. The van der Waals surface area contributed by atoms with Crippen LogP contribution in [0.1, 0.15) is 5.56 Å². The molecule has 3 aromatic rings. The van der Waals surface area contributed by atoms with E-state index in [2.05, 4.69) is 4.98 Å². The van der Waals surface area contributed by atoms with Crippen molar-refractivity contribution in [3.05, 3.63) is 54.1 Å². The minimum atomic E-state index is -0.180. The van der Waals surface area contributed by atoms with E-state index >= 15 is 0 Å². The molecule has 0 N–H and O–H groups in total. The zero-order valence-electron chi connectivity index (χ0n) is 16.0. The Bertz CT molecular complexity index is 950. The van der Waals surface area contributed by atoms with Crippen LogP contribution in [0.3, 0.4) is 0 Å². The number of carbonyl (C=O) groups excluding carboxylic acids is 1. The number of para-hydroxylation sites is 1. The predicted octanol–water partition coefficient (Wildman–Crippen LogP) is 4.01. The number of thiazole rings is 1. The first-order chi connectivity index (χ1) is 13.7. The molecule has 0 fully saturated rings. The summed E-state index contributed by atoms with van der Waals surface area (Å²) in [4.78, 5) is 19.1. The van der Waals surface area contributed by atoms with E-state index in [0.717, 1.165) is 15.8 Å². The van der Waals surface area contributed by atoms with Gasteiger partial charge in [-0.15, -0.1) is 0 Å². The molecule has 0 atom stereocenters. The van der Waals surface area contributed by atoms with E-state index in [-0.39, 0.29) is 5.91 Å². The Hall–Kier alpha value is -2.90. The van der Waals surface area contributed by atoms with Crippen molar-refractivity contribution in [2.75, 3.05) is 39.4 Å². The molecular weight excluding hydrogens is 376 g/mol. The molecule has 0 saturated heterocycles. The number of anilines is 1. The van der Waals surface area contributed by atoms with Crippen molar-refractivity contribution in [2.24, 2.45) is 0 Å². The van der Waals surface area contributed by atoms with Crippen molar-refractivity contribution in [2.45, 2.75) is 0 Å². The number of carbonyl (C=O) groups is 1. The van der Waals surface area contributed by atoms with Gasteiger partial charge >= 0.3 is 0 Å². The molecule has 0 unspecified atom stereocenters. The number of nitrogens with zero attached hydrogens (tertiary/aromatic N) is 2. The molecule has 1 aromatic heterocycles. The molecule has 1 amide bonds. The highest BCUT2D eigenvalue weighted by Gasteiger charge is 2.17. The number of rotatable bonds is 8. The molecule has 3 rings (SSSR count). The molecule has 146 valence electrons. The fourth-order valence-electron chi connectivity index (χ4n) is 2.68. The summed E-state index contributed by atoms with van der Waals surface area (Å²) >= 11 is 1.48. The minimum Gasteiger partial charge on any atom is -0.497 e. The lowest BCUT2D eigenvalue weighted by Gasteiger charge is -2.17. The largest absolute Gasteiger partial charge is 0.497 e. The van der Waals surface area contributed by atoms with Crippen LogP contribution in [-0.2, 0) is 9.53 Å². The second-order valence-electron chi connectivity index (χ2n) is 5.89. The number of hydrogen-bond donors (Lipinski definition) is 0.